The van der Waals surface area contributed by atoms with Crippen LogP contribution < -0.4 is 10.6 Å². The molecule has 2 atom stereocenters. The molecule has 0 radical (unpaired) electrons. The zero-order chi connectivity index (χ0) is 14.4. The standard InChI is InChI=1S/C15H26N2O2S/c1-20-13-6-3-2-5-12(13)17-14(18)7-4-10-16-15(19)11-8-9-11/h11-13H,2-10H2,1H3,(H,16,19)(H,17,18)/t12-,13+/m1/s1. The lowest BCUT2D eigenvalue weighted by Crippen LogP contribution is -2.43. The zero-order valence-corrected chi connectivity index (χ0v) is 13.1. The van der Waals surface area contributed by atoms with Crippen LogP contribution in [0.4, 0.5) is 0 Å². The van der Waals surface area contributed by atoms with E-state index in [1.165, 1.54) is 19.3 Å². The molecule has 0 aromatic carbocycles. The van der Waals surface area contributed by atoms with Crippen LogP contribution in [0, 0.1) is 5.92 Å². The van der Waals surface area contributed by atoms with E-state index in [1.54, 1.807) is 0 Å². The van der Waals surface area contributed by atoms with Crippen LogP contribution in [0.3, 0.4) is 0 Å². The Hall–Kier alpha value is -0.710. The van der Waals surface area contributed by atoms with Gasteiger partial charge in [-0.2, -0.15) is 11.8 Å². The van der Waals surface area contributed by atoms with Gasteiger partial charge in [-0.3, -0.25) is 9.59 Å². The molecule has 0 spiro atoms. The van der Waals surface area contributed by atoms with Gasteiger partial charge in [-0.15, -0.1) is 0 Å². The number of hydrogen-bond acceptors (Lipinski definition) is 3. The van der Waals surface area contributed by atoms with Crippen molar-refractivity contribution in [2.75, 3.05) is 12.8 Å². The number of carbonyl (C=O) groups is 2. The molecule has 0 saturated heterocycles. The molecule has 0 unspecified atom stereocenters. The fourth-order valence-electron chi connectivity index (χ4n) is 2.77. The molecule has 0 heterocycles. The van der Waals surface area contributed by atoms with Gasteiger partial charge in [0.1, 0.15) is 0 Å². The van der Waals surface area contributed by atoms with E-state index in [0.29, 0.717) is 24.3 Å². The molecule has 2 N–H and O–H groups in total. The van der Waals surface area contributed by atoms with Crippen molar-refractivity contribution in [1.29, 1.82) is 0 Å². The minimum atomic E-state index is 0.136. The van der Waals surface area contributed by atoms with Gasteiger partial charge in [0.2, 0.25) is 11.8 Å². The topological polar surface area (TPSA) is 58.2 Å². The van der Waals surface area contributed by atoms with Crippen LogP contribution >= 0.6 is 11.8 Å². The predicted molar refractivity (Wildman–Crippen MR) is 82.7 cm³/mol. The van der Waals surface area contributed by atoms with Crippen LogP contribution in [-0.2, 0) is 9.59 Å². The van der Waals surface area contributed by atoms with E-state index in [-0.39, 0.29) is 17.7 Å². The molecule has 0 aromatic heterocycles. The molecule has 114 valence electrons. The Balaban J connectivity index is 1.58. The number of hydrogen-bond donors (Lipinski definition) is 2. The molecular formula is C15H26N2O2S. The van der Waals surface area contributed by atoms with Crippen molar-refractivity contribution in [3.8, 4) is 0 Å². The normalized spacial score (nSPS) is 26.1. The van der Waals surface area contributed by atoms with Crippen molar-refractivity contribution >= 4 is 23.6 Å². The first kappa shape index (κ1) is 15.7. The van der Waals surface area contributed by atoms with Crippen LogP contribution in [0.1, 0.15) is 51.4 Å². The smallest absolute Gasteiger partial charge is 0.223 e. The van der Waals surface area contributed by atoms with E-state index < -0.39 is 0 Å². The molecular weight excluding hydrogens is 272 g/mol. The van der Waals surface area contributed by atoms with Gasteiger partial charge in [-0.1, -0.05) is 12.8 Å². The van der Waals surface area contributed by atoms with E-state index in [1.807, 2.05) is 11.8 Å². The first-order valence-electron chi connectivity index (χ1n) is 7.80. The van der Waals surface area contributed by atoms with E-state index >= 15 is 0 Å². The molecule has 4 nitrogen and oxygen atoms in total. The zero-order valence-electron chi connectivity index (χ0n) is 12.3. The fourth-order valence-corrected chi connectivity index (χ4v) is 3.71. The molecule has 5 heteroatoms. The van der Waals surface area contributed by atoms with Crippen LogP contribution in [0.15, 0.2) is 0 Å². The van der Waals surface area contributed by atoms with Crippen molar-refractivity contribution in [1.82, 2.24) is 10.6 Å². The Morgan fingerprint density at radius 2 is 1.90 bits per heavy atom. The molecule has 0 aromatic rings. The molecule has 0 bridgehead atoms. The lowest BCUT2D eigenvalue weighted by Gasteiger charge is -2.30. The van der Waals surface area contributed by atoms with Gasteiger partial charge >= 0.3 is 0 Å². The average Bonchev–Trinajstić information content (AvgIpc) is 3.28. The molecule has 2 amide bonds. The van der Waals surface area contributed by atoms with Gasteiger partial charge < -0.3 is 10.6 Å². The number of amides is 2. The van der Waals surface area contributed by atoms with Crippen molar-refractivity contribution in [2.24, 2.45) is 5.92 Å². The number of rotatable bonds is 7. The van der Waals surface area contributed by atoms with Gasteiger partial charge in [0, 0.05) is 30.2 Å². The van der Waals surface area contributed by atoms with Gasteiger partial charge in [-0.05, 0) is 38.4 Å². The molecule has 2 saturated carbocycles. The summed E-state index contributed by atoms with van der Waals surface area (Å²) in [6.45, 7) is 0.624. The third-order valence-electron chi connectivity index (χ3n) is 4.18. The highest BCUT2D eigenvalue weighted by Crippen LogP contribution is 2.28. The summed E-state index contributed by atoms with van der Waals surface area (Å²) in [6, 6.07) is 0.340. The highest BCUT2D eigenvalue weighted by molar-refractivity contribution is 7.99. The van der Waals surface area contributed by atoms with Crippen LogP contribution in [-0.4, -0.2) is 35.9 Å². The molecule has 2 fully saturated rings. The second-order valence-corrected chi connectivity index (χ2v) is 6.98. The third kappa shape index (κ3) is 5.00. The predicted octanol–water partition coefficient (Wildman–Crippen LogP) is 2.08. The minimum Gasteiger partial charge on any atom is -0.356 e. The minimum absolute atomic E-state index is 0.136. The van der Waals surface area contributed by atoms with Crippen LogP contribution in [0.25, 0.3) is 0 Å². The van der Waals surface area contributed by atoms with Gasteiger partial charge in [-0.25, -0.2) is 0 Å². The molecule has 2 aliphatic carbocycles. The first-order valence-corrected chi connectivity index (χ1v) is 9.09. The maximum Gasteiger partial charge on any atom is 0.223 e. The van der Waals surface area contributed by atoms with E-state index in [9.17, 15) is 9.59 Å². The molecule has 2 rings (SSSR count). The fraction of sp³-hybridized carbons (Fsp3) is 0.867. The number of thioether (sulfide) groups is 1. The highest BCUT2D eigenvalue weighted by Gasteiger charge is 2.29. The quantitative estimate of drug-likeness (QED) is 0.708. The number of carbonyl (C=O) groups excluding carboxylic acids is 2. The largest absolute Gasteiger partial charge is 0.356 e. The van der Waals surface area contributed by atoms with Crippen LogP contribution in [0.5, 0.6) is 0 Å². The summed E-state index contributed by atoms with van der Waals surface area (Å²) in [4.78, 5) is 23.4. The summed E-state index contributed by atoms with van der Waals surface area (Å²) in [5, 5.41) is 6.64. The second-order valence-electron chi connectivity index (χ2n) is 5.90. The van der Waals surface area contributed by atoms with Crippen molar-refractivity contribution in [3.05, 3.63) is 0 Å². The summed E-state index contributed by atoms with van der Waals surface area (Å²) in [5.74, 6) is 0.560. The van der Waals surface area contributed by atoms with Crippen molar-refractivity contribution < 1.29 is 9.59 Å². The van der Waals surface area contributed by atoms with Crippen molar-refractivity contribution in [3.63, 3.8) is 0 Å². The second kappa shape index (κ2) is 7.91. The summed E-state index contributed by atoms with van der Waals surface area (Å²) >= 11 is 1.87. The van der Waals surface area contributed by atoms with Crippen LogP contribution in [0.2, 0.25) is 0 Å². The monoisotopic (exact) mass is 298 g/mol. The summed E-state index contributed by atoms with van der Waals surface area (Å²) < 4.78 is 0. The average molecular weight is 298 g/mol. The Kier molecular flexibility index (Phi) is 6.20. The van der Waals surface area contributed by atoms with Gasteiger partial charge in [0.15, 0.2) is 0 Å². The molecule has 20 heavy (non-hydrogen) atoms. The van der Waals surface area contributed by atoms with E-state index in [2.05, 4.69) is 16.9 Å². The van der Waals surface area contributed by atoms with Gasteiger partial charge in [0.25, 0.3) is 0 Å². The molecule has 2 aliphatic rings. The Morgan fingerprint density at radius 3 is 2.60 bits per heavy atom. The third-order valence-corrected chi connectivity index (χ3v) is 5.35. The Bertz CT molecular complexity index is 345. The van der Waals surface area contributed by atoms with Gasteiger partial charge in [0.05, 0.1) is 0 Å². The first-order chi connectivity index (χ1) is 9.70. The Labute approximate surface area is 125 Å². The van der Waals surface area contributed by atoms with Crippen molar-refractivity contribution in [2.45, 2.75) is 62.7 Å². The Morgan fingerprint density at radius 1 is 1.15 bits per heavy atom. The SMILES string of the molecule is CS[C@H]1CCCC[C@H]1NC(=O)CCCNC(=O)C1CC1. The lowest BCUT2D eigenvalue weighted by molar-refractivity contribution is -0.124. The maximum atomic E-state index is 11.9. The van der Waals surface area contributed by atoms with E-state index in [0.717, 1.165) is 25.7 Å². The number of nitrogens with one attached hydrogen (secondary N) is 2. The summed E-state index contributed by atoms with van der Waals surface area (Å²) in [7, 11) is 0. The lowest BCUT2D eigenvalue weighted by atomic mass is 9.94. The highest BCUT2D eigenvalue weighted by atomic mass is 32.2. The summed E-state index contributed by atoms with van der Waals surface area (Å²) in [5.41, 5.74) is 0. The van der Waals surface area contributed by atoms with E-state index in [4.69, 9.17) is 0 Å². The summed E-state index contributed by atoms with van der Waals surface area (Å²) in [6.07, 6.45) is 10.3. The molecule has 0 aliphatic heterocycles. The maximum absolute atomic E-state index is 11.9.